The third kappa shape index (κ3) is 7.54. The van der Waals surface area contributed by atoms with Crippen LogP contribution in [0.5, 0.6) is 0 Å². The predicted octanol–water partition coefficient (Wildman–Crippen LogP) is 2.92. The third-order valence-corrected chi connectivity index (χ3v) is 6.05. The lowest BCUT2D eigenvalue weighted by Gasteiger charge is -2.36. The van der Waals surface area contributed by atoms with Crippen LogP contribution in [0, 0.1) is 11.3 Å². The second-order valence-electron chi connectivity index (χ2n) is 8.22. The summed E-state index contributed by atoms with van der Waals surface area (Å²) < 4.78 is 5.35. The van der Waals surface area contributed by atoms with Crippen LogP contribution in [0.25, 0.3) is 0 Å². The number of nitrogens with zero attached hydrogens (tertiary/aromatic N) is 4. The second-order valence-corrected chi connectivity index (χ2v) is 8.65. The molecule has 9 nitrogen and oxygen atoms in total. The average Bonchev–Trinajstić information content (AvgIpc) is 2.89. The highest BCUT2D eigenvalue weighted by molar-refractivity contribution is 6.30. The molecule has 2 aromatic rings. The first kappa shape index (κ1) is 27.2. The molecular weight excluding hydrogens is 480 g/mol. The van der Waals surface area contributed by atoms with E-state index in [-0.39, 0.29) is 12.2 Å². The first-order chi connectivity index (χ1) is 17.4. The van der Waals surface area contributed by atoms with E-state index < -0.39 is 5.91 Å². The van der Waals surface area contributed by atoms with E-state index in [0.717, 1.165) is 38.4 Å². The fraction of sp³-hybridized carbons (Fsp3) is 0.346. The smallest absolute Gasteiger partial charge is 0.258 e. The molecule has 0 atom stereocenters. The van der Waals surface area contributed by atoms with Gasteiger partial charge in [0.1, 0.15) is 6.07 Å². The van der Waals surface area contributed by atoms with Crippen molar-refractivity contribution in [3.8, 4) is 6.07 Å². The number of rotatable bonds is 10. The summed E-state index contributed by atoms with van der Waals surface area (Å²) in [4.78, 5) is 21.8. The Morgan fingerprint density at radius 1 is 1.22 bits per heavy atom. The van der Waals surface area contributed by atoms with Gasteiger partial charge < -0.3 is 25.8 Å². The number of nitrogens with one attached hydrogen (secondary N) is 1. The Labute approximate surface area is 216 Å². The molecule has 1 heterocycles. The van der Waals surface area contributed by atoms with Gasteiger partial charge in [-0.2, -0.15) is 5.26 Å². The molecule has 0 aromatic heterocycles. The molecule has 10 heteroatoms. The van der Waals surface area contributed by atoms with Crippen LogP contribution < -0.4 is 16.0 Å². The Morgan fingerprint density at radius 3 is 2.58 bits per heavy atom. The Hall–Kier alpha value is -3.42. The van der Waals surface area contributed by atoms with Crippen molar-refractivity contribution < 1.29 is 14.6 Å². The lowest BCUT2D eigenvalue weighted by molar-refractivity contribution is -0.112. The Balaban J connectivity index is 1.63. The average molecular weight is 511 g/mol. The molecule has 36 heavy (non-hydrogen) atoms. The van der Waals surface area contributed by atoms with Crippen LogP contribution in [0.4, 0.5) is 17.1 Å². The van der Waals surface area contributed by atoms with Crippen molar-refractivity contribution in [1.82, 2.24) is 4.90 Å². The van der Waals surface area contributed by atoms with E-state index in [9.17, 15) is 10.1 Å². The van der Waals surface area contributed by atoms with Crippen molar-refractivity contribution in [2.75, 3.05) is 62.8 Å². The van der Waals surface area contributed by atoms with Gasteiger partial charge in [0.25, 0.3) is 5.91 Å². The van der Waals surface area contributed by atoms with Gasteiger partial charge in [-0.25, -0.2) is 0 Å². The number of aliphatic imine (C=N–C) groups is 1. The highest BCUT2D eigenvalue weighted by atomic mass is 35.5. The van der Waals surface area contributed by atoms with Crippen molar-refractivity contribution in [2.45, 2.75) is 6.92 Å². The molecule has 2 aromatic carbocycles. The zero-order valence-electron chi connectivity index (χ0n) is 20.3. The van der Waals surface area contributed by atoms with Crippen molar-refractivity contribution >= 4 is 40.3 Å². The fourth-order valence-electron chi connectivity index (χ4n) is 3.88. The number of nitrogens with two attached hydrogens (primary N) is 1. The third-order valence-electron chi connectivity index (χ3n) is 5.80. The normalized spacial score (nSPS) is 15.0. The van der Waals surface area contributed by atoms with E-state index in [1.54, 1.807) is 43.3 Å². The number of benzene rings is 2. The highest BCUT2D eigenvalue weighted by Crippen LogP contribution is 2.25. The van der Waals surface area contributed by atoms with E-state index in [1.165, 1.54) is 6.20 Å². The molecule has 3 rings (SSSR count). The molecule has 0 saturated carbocycles. The van der Waals surface area contributed by atoms with Gasteiger partial charge >= 0.3 is 0 Å². The van der Waals surface area contributed by atoms with Gasteiger partial charge in [0.15, 0.2) is 0 Å². The standard InChI is InChI=1S/C26H31ClN6O3/c1-19(30-22-4-2-21(27)3-5-22)24(18-29)26(35)31-23-6-7-25(20(16-23)17-28)33-10-8-32(9-11-33)12-14-36-15-13-34/h2-7,16,18,34H,8-15,29H2,1H3,(H,31,35). The summed E-state index contributed by atoms with van der Waals surface area (Å²) >= 11 is 5.91. The number of carbonyl (C=O) groups is 1. The molecule has 190 valence electrons. The van der Waals surface area contributed by atoms with E-state index in [0.29, 0.717) is 40.9 Å². The number of halogens is 1. The number of nitriles is 1. The van der Waals surface area contributed by atoms with E-state index in [2.05, 4.69) is 26.2 Å². The Morgan fingerprint density at radius 2 is 1.94 bits per heavy atom. The van der Waals surface area contributed by atoms with Crippen molar-refractivity contribution in [1.29, 1.82) is 5.26 Å². The van der Waals surface area contributed by atoms with Gasteiger partial charge in [-0.05, 0) is 49.4 Å². The van der Waals surface area contributed by atoms with Crippen LogP contribution in [-0.4, -0.2) is 74.2 Å². The van der Waals surface area contributed by atoms with Gasteiger partial charge in [0, 0.05) is 49.6 Å². The van der Waals surface area contributed by atoms with Crippen molar-refractivity contribution in [3.63, 3.8) is 0 Å². The summed E-state index contributed by atoms with van der Waals surface area (Å²) in [6, 6.07) is 14.5. The number of hydrogen-bond donors (Lipinski definition) is 3. The molecule has 4 N–H and O–H groups in total. The monoisotopic (exact) mass is 510 g/mol. The summed E-state index contributed by atoms with van der Waals surface area (Å²) in [5.74, 6) is -0.415. The molecule has 0 aliphatic carbocycles. The number of piperazine rings is 1. The van der Waals surface area contributed by atoms with Crippen molar-refractivity contribution in [2.24, 2.45) is 10.7 Å². The number of carbonyl (C=O) groups excluding carboxylic acids is 1. The van der Waals surface area contributed by atoms with Crippen LogP contribution in [0.15, 0.2) is 59.2 Å². The Bertz CT molecular complexity index is 1140. The van der Waals surface area contributed by atoms with Crippen LogP contribution in [0.1, 0.15) is 12.5 Å². The van der Waals surface area contributed by atoms with Gasteiger partial charge in [0.05, 0.1) is 48.0 Å². The number of aliphatic hydroxyl groups is 1. The molecule has 1 aliphatic heterocycles. The van der Waals surface area contributed by atoms with Crippen LogP contribution in [0.3, 0.4) is 0 Å². The number of amides is 1. The fourth-order valence-corrected chi connectivity index (χ4v) is 4.01. The summed E-state index contributed by atoms with van der Waals surface area (Å²) in [5.41, 5.74) is 8.88. The summed E-state index contributed by atoms with van der Waals surface area (Å²) in [6.07, 6.45) is 1.22. The number of aliphatic hydroxyl groups excluding tert-OH is 1. The maximum absolute atomic E-state index is 12.9. The molecule has 1 amide bonds. The van der Waals surface area contributed by atoms with Crippen LogP contribution in [-0.2, 0) is 9.53 Å². The van der Waals surface area contributed by atoms with Gasteiger partial charge in [-0.15, -0.1) is 0 Å². The SMILES string of the molecule is CC(=Nc1ccc(Cl)cc1)C(=CN)C(=O)Nc1ccc(N2CCN(CCOCCO)CC2)c(C#N)c1. The van der Waals surface area contributed by atoms with Crippen LogP contribution in [0.2, 0.25) is 5.02 Å². The minimum absolute atomic E-state index is 0.0294. The molecule has 0 radical (unpaired) electrons. The Kier molecular flexibility index (Phi) is 10.3. The van der Waals surface area contributed by atoms with Gasteiger partial charge in [0.2, 0.25) is 0 Å². The highest BCUT2D eigenvalue weighted by Gasteiger charge is 2.20. The first-order valence-electron chi connectivity index (χ1n) is 11.7. The summed E-state index contributed by atoms with van der Waals surface area (Å²) in [7, 11) is 0. The predicted molar refractivity (Wildman–Crippen MR) is 143 cm³/mol. The number of anilines is 2. The lowest BCUT2D eigenvalue weighted by Crippen LogP contribution is -2.47. The first-order valence-corrected chi connectivity index (χ1v) is 12.1. The molecular formula is C26H31ClN6O3. The van der Waals surface area contributed by atoms with E-state index in [1.807, 2.05) is 6.07 Å². The maximum Gasteiger partial charge on any atom is 0.258 e. The van der Waals surface area contributed by atoms with Gasteiger partial charge in [-0.1, -0.05) is 11.6 Å². The van der Waals surface area contributed by atoms with Gasteiger partial charge in [-0.3, -0.25) is 14.7 Å². The molecule has 1 saturated heterocycles. The largest absolute Gasteiger partial charge is 0.404 e. The zero-order chi connectivity index (χ0) is 25.9. The molecule has 0 bridgehead atoms. The minimum atomic E-state index is -0.415. The maximum atomic E-state index is 12.9. The molecule has 0 unspecified atom stereocenters. The summed E-state index contributed by atoms with van der Waals surface area (Å²) in [5, 5.41) is 22.0. The zero-order valence-corrected chi connectivity index (χ0v) is 21.0. The van der Waals surface area contributed by atoms with Crippen LogP contribution >= 0.6 is 11.6 Å². The summed E-state index contributed by atoms with van der Waals surface area (Å²) in [6.45, 7) is 6.73. The molecule has 1 aliphatic rings. The number of ether oxygens (including phenoxy) is 1. The number of hydrogen-bond acceptors (Lipinski definition) is 8. The minimum Gasteiger partial charge on any atom is -0.404 e. The topological polar surface area (TPSA) is 127 Å². The second kappa shape index (κ2) is 13.6. The molecule has 0 spiro atoms. The quantitative estimate of drug-likeness (QED) is 0.255. The van der Waals surface area contributed by atoms with Crippen molar-refractivity contribution in [3.05, 3.63) is 64.8 Å². The van der Waals surface area contributed by atoms with E-state index >= 15 is 0 Å². The van der Waals surface area contributed by atoms with E-state index in [4.69, 9.17) is 27.2 Å². The molecule has 1 fully saturated rings. The lowest BCUT2D eigenvalue weighted by atomic mass is 10.1.